The molecule has 220 valence electrons. The highest BCUT2D eigenvalue weighted by atomic mass is 16.3. The summed E-state index contributed by atoms with van der Waals surface area (Å²) in [6.45, 7) is 4.11. The molecule has 0 aliphatic heterocycles. The molecule has 0 bridgehead atoms. The van der Waals surface area contributed by atoms with E-state index in [1.54, 1.807) is 0 Å². The van der Waals surface area contributed by atoms with Gasteiger partial charge in [-0.05, 0) is 38.5 Å². The maximum Gasteiger partial charge on any atom is 0.220 e. The van der Waals surface area contributed by atoms with Gasteiger partial charge < -0.3 is 20.6 Å². The molecule has 3 unspecified atom stereocenters. The first-order valence-corrected chi connectivity index (χ1v) is 16.0. The Morgan fingerprint density at radius 1 is 0.649 bits per heavy atom. The highest BCUT2D eigenvalue weighted by Crippen LogP contribution is 2.14. The molecule has 0 radical (unpaired) electrons. The number of carbonyl (C=O) groups excluding carboxylic acids is 1. The van der Waals surface area contributed by atoms with Crippen LogP contribution in [0.1, 0.15) is 162 Å². The minimum Gasteiger partial charge on any atom is -0.394 e. The predicted octanol–water partition coefficient (Wildman–Crippen LogP) is 7.75. The van der Waals surface area contributed by atoms with Crippen molar-refractivity contribution in [2.45, 2.75) is 180 Å². The van der Waals surface area contributed by atoms with E-state index in [1.165, 1.54) is 96.3 Å². The summed E-state index contributed by atoms with van der Waals surface area (Å²) >= 11 is 0. The Labute approximate surface area is 229 Å². The second-order valence-corrected chi connectivity index (χ2v) is 11.0. The van der Waals surface area contributed by atoms with E-state index in [9.17, 15) is 20.1 Å². The first-order chi connectivity index (χ1) is 18.1. The largest absolute Gasteiger partial charge is 0.394 e. The first-order valence-electron chi connectivity index (χ1n) is 16.0. The van der Waals surface area contributed by atoms with Gasteiger partial charge >= 0.3 is 0 Å². The molecular weight excluding hydrogens is 462 g/mol. The van der Waals surface area contributed by atoms with E-state index in [-0.39, 0.29) is 12.5 Å². The summed E-state index contributed by atoms with van der Waals surface area (Å²) in [6, 6.07) is -0.817. The van der Waals surface area contributed by atoms with Gasteiger partial charge in [0.2, 0.25) is 5.91 Å². The van der Waals surface area contributed by atoms with Gasteiger partial charge in [-0.3, -0.25) is 4.79 Å². The van der Waals surface area contributed by atoms with E-state index < -0.39 is 18.2 Å². The number of aliphatic hydroxyl groups excluding tert-OH is 3. The van der Waals surface area contributed by atoms with Crippen LogP contribution in [0.4, 0.5) is 0 Å². The van der Waals surface area contributed by atoms with Crippen LogP contribution in [0.5, 0.6) is 0 Å². The Bertz CT molecular complexity index is 511. The van der Waals surface area contributed by atoms with Crippen molar-refractivity contribution in [2.24, 2.45) is 0 Å². The topological polar surface area (TPSA) is 89.8 Å². The molecule has 0 rings (SSSR count). The molecule has 4 N–H and O–H groups in total. The van der Waals surface area contributed by atoms with Gasteiger partial charge in [0.15, 0.2) is 0 Å². The molecule has 5 heteroatoms. The van der Waals surface area contributed by atoms with Gasteiger partial charge in [0.25, 0.3) is 0 Å². The zero-order valence-corrected chi connectivity index (χ0v) is 24.6. The standard InChI is InChI=1S/C32H63NO4/c1-3-5-7-9-11-13-15-16-17-19-21-23-25-27-31(36)33-29(28-34)32(37)30(35)26-24-22-20-18-14-12-10-8-6-4-2/h18,20,29-30,32,34-35,37H,3-17,19,21-28H2,1-2H3,(H,33,36)/b20-18+. The fourth-order valence-electron chi connectivity index (χ4n) is 4.81. The van der Waals surface area contributed by atoms with Crippen LogP contribution in [0.15, 0.2) is 12.2 Å². The Kier molecular flexibility index (Phi) is 27.4. The minimum atomic E-state index is -1.15. The third-order valence-corrected chi connectivity index (χ3v) is 7.37. The van der Waals surface area contributed by atoms with Crippen LogP contribution >= 0.6 is 0 Å². The maximum atomic E-state index is 12.3. The molecule has 5 nitrogen and oxygen atoms in total. The van der Waals surface area contributed by atoms with Gasteiger partial charge in [-0.2, -0.15) is 0 Å². The molecule has 0 aromatic heterocycles. The number of amides is 1. The molecular formula is C32H63NO4. The molecule has 0 spiro atoms. The van der Waals surface area contributed by atoms with Crippen LogP contribution in [-0.4, -0.2) is 46.1 Å². The Hall–Kier alpha value is -0.910. The van der Waals surface area contributed by atoms with Gasteiger partial charge in [-0.25, -0.2) is 0 Å². The second kappa shape index (κ2) is 28.1. The number of aliphatic hydroxyl groups is 3. The normalized spacial score (nSPS) is 14.2. The van der Waals surface area contributed by atoms with Crippen molar-refractivity contribution in [3.05, 3.63) is 12.2 Å². The summed E-state index contributed by atoms with van der Waals surface area (Å²) in [7, 11) is 0. The molecule has 0 aliphatic carbocycles. The van der Waals surface area contributed by atoms with Crippen molar-refractivity contribution in [3.63, 3.8) is 0 Å². The van der Waals surface area contributed by atoms with Crippen molar-refractivity contribution in [2.75, 3.05) is 6.61 Å². The van der Waals surface area contributed by atoms with Crippen molar-refractivity contribution in [1.82, 2.24) is 5.32 Å². The monoisotopic (exact) mass is 525 g/mol. The number of allylic oxidation sites excluding steroid dienone is 2. The third kappa shape index (κ3) is 23.9. The summed E-state index contributed by atoms with van der Waals surface area (Å²) in [5.74, 6) is -0.157. The van der Waals surface area contributed by atoms with Gasteiger partial charge in [0.1, 0.15) is 6.10 Å². The van der Waals surface area contributed by atoms with Crippen LogP contribution in [0.25, 0.3) is 0 Å². The number of hydrogen-bond donors (Lipinski definition) is 4. The second-order valence-electron chi connectivity index (χ2n) is 11.0. The SMILES string of the molecule is CCCCCCC/C=C/CCCC(O)C(O)C(CO)NC(=O)CCCCCCCCCCCCCCC. The molecule has 0 heterocycles. The molecule has 3 atom stereocenters. The number of unbranched alkanes of at least 4 members (excludes halogenated alkanes) is 18. The first kappa shape index (κ1) is 36.1. The highest BCUT2D eigenvalue weighted by molar-refractivity contribution is 5.76. The maximum absolute atomic E-state index is 12.3. The molecule has 0 fully saturated rings. The highest BCUT2D eigenvalue weighted by Gasteiger charge is 2.26. The van der Waals surface area contributed by atoms with Crippen LogP contribution in [0, 0.1) is 0 Å². The molecule has 0 aliphatic rings. The molecule has 0 saturated heterocycles. The lowest BCUT2D eigenvalue weighted by Gasteiger charge is -2.26. The lowest BCUT2D eigenvalue weighted by molar-refractivity contribution is -0.124. The Balaban J connectivity index is 3.77. The Morgan fingerprint density at radius 2 is 1.08 bits per heavy atom. The zero-order chi connectivity index (χ0) is 27.4. The van der Waals surface area contributed by atoms with Gasteiger partial charge in [-0.15, -0.1) is 0 Å². The molecule has 37 heavy (non-hydrogen) atoms. The van der Waals surface area contributed by atoms with E-state index in [0.29, 0.717) is 12.8 Å². The van der Waals surface area contributed by atoms with Crippen molar-refractivity contribution in [3.8, 4) is 0 Å². The number of carbonyl (C=O) groups is 1. The average Bonchev–Trinajstić information content (AvgIpc) is 2.90. The molecule has 0 aromatic carbocycles. The zero-order valence-electron chi connectivity index (χ0n) is 24.6. The van der Waals surface area contributed by atoms with E-state index in [1.807, 2.05) is 0 Å². The lowest BCUT2D eigenvalue weighted by Crippen LogP contribution is -2.50. The van der Waals surface area contributed by atoms with Crippen molar-refractivity contribution in [1.29, 1.82) is 0 Å². The molecule has 0 saturated carbocycles. The van der Waals surface area contributed by atoms with Crippen molar-refractivity contribution >= 4 is 5.91 Å². The van der Waals surface area contributed by atoms with Crippen LogP contribution < -0.4 is 5.32 Å². The van der Waals surface area contributed by atoms with E-state index >= 15 is 0 Å². The van der Waals surface area contributed by atoms with Gasteiger partial charge in [0, 0.05) is 6.42 Å². The molecule has 0 aromatic rings. The number of rotatable bonds is 28. The number of hydrogen-bond acceptors (Lipinski definition) is 4. The predicted molar refractivity (Wildman–Crippen MR) is 158 cm³/mol. The summed E-state index contributed by atoms with van der Waals surface area (Å²) < 4.78 is 0. The minimum absolute atomic E-state index is 0.157. The summed E-state index contributed by atoms with van der Waals surface area (Å²) in [6.07, 6.45) is 28.7. The summed E-state index contributed by atoms with van der Waals surface area (Å²) in [5, 5.41) is 33.1. The summed E-state index contributed by atoms with van der Waals surface area (Å²) in [5.41, 5.74) is 0. The van der Waals surface area contributed by atoms with Crippen LogP contribution in [0.3, 0.4) is 0 Å². The van der Waals surface area contributed by atoms with Crippen molar-refractivity contribution < 1.29 is 20.1 Å². The van der Waals surface area contributed by atoms with Gasteiger partial charge in [0.05, 0.1) is 18.8 Å². The van der Waals surface area contributed by atoms with E-state index in [2.05, 4.69) is 31.3 Å². The smallest absolute Gasteiger partial charge is 0.220 e. The third-order valence-electron chi connectivity index (χ3n) is 7.37. The van der Waals surface area contributed by atoms with E-state index in [4.69, 9.17) is 0 Å². The van der Waals surface area contributed by atoms with Crippen LogP contribution in [0.2, 0.25) is 0 Å². The lowest BCUT2D eigenvalue weighted by atomic mass is 10.0. The fourth-order valence-corrected chi connectivity index (χ4v) is 4.81. The number of nitrogens with one attached hydrogen (secondary N) is 1. The fraction of sp³-hybridized carbons (Fsp3) is 0.906. The van der Waals surface area contributed by atoms with E-state index in [0.717, 1.165) is 38.5 Å². The average molecular weight is 526 g/mol. The van der Waals surface area contributed by atoms with Gasteiger partial charge in [-0.1, -0.05) is 129 Å². The molecule has 1 amide bonds. The Morgan fingerprint density at radius 3 is 1.57 bits per heavy atom. The summed E-state index contributed by atoms with van der Waals surface area (Å²) in [4.78, 5) is 12.3. The quantitative estimate of drug-likeness (QED) is 0.0621. The van der Waals surface area contributed by atoms with Crippen LogP contribution in [-0.2, 0) is 4.79 Å².